The van der Waals surface area contributed by atoms with Crippen molar-refractivity contribution < 1.29 is 0 Å². The Hall–Kier alpha value is -0.860. The largest absolute Gasteiger partial charge is 0.293 e. The Morgan fingerprint density at radius 3 is 2.29 bits per heavy atom. The first-order chi connectivity index (χ1) is 10.4. The van der Waals surface area contributed by atoms with Crippen LogP contribution in [0.3, 0.4) is 0 Å². The minimum absolute atomic E-state index is 0.369. The molecule has 21 heavy (non-hydrogen) atoms. The fourth-order valence-corrected chi connectivity index (χ4v) is 5.73. The molecule has 2 heteroatoms. The van der Waals surface area contributed by atoms with E-state index in [1.807, 2.05) is 0 Å². The van der Waals surface area contributed by atoms with E-state index in [-0.39, 0.29) is 0 Å². The standard InChI is InChI=1S/C19H25NS/c1-2-8-14-20(13-7-1)19(11-5-6-12-19)18-15-16-9-3-4-10-17(16)21-18/h3-4,9-10,15H,1-2,5-8,11-14H2. The van der Waals surface area contributed by atoms with Crippen LogP contribution in [0.15, 0.2) is 30.3 Å². The molecule has 0 N–H and O–H groups in total. The number of hydrogen-bond acceptors (Lipinski definition) is 2. The van der Waals surface area contributed by atoms with Gasteiger partial charge in [0.25, 0.3) is 0 Å². The van der Waals surface area contributed by atoms with E-state index < -0.39 is 0 Å². The van der Waals surface area contributed by atoms with Gasteiger partial charge in [0.1, 0.15) is 0 Å². The SMILES string of the molecule is c1ccc2sc(C3(N4CCCCCC4)CCCC3)cc2c1. The second kappa shape index (κ2) is 5.73. The highest BCUT2D eigenvalue weighted by Crippen LogP contribution is 2.48. The minimum atomic E-state index is 0.369. The van der Waals surface area contributed by atoms with Crippen molar-refractivity contribution in [3.05, 3.63) is 35.2 Å². The third-order valence-corrected chi connectivity index (χ3v) is 6.84. The third kappa shape index (κ3) is 2.43. The van der Waals surface area contributed by atoms with Gasteiger partial charge in [-0.25, -0.2) is 0 Å². The molecule has 0 atom stereocenters. The summed E-state index contributed by atoms with van der Waals surface area (Å²) in [4.78, 5) is 4.50. The van der Waals surface area contributed by atoms with E-state index in [9.17, 15) is 0 Å². The first-order valence-electron chi connectivity index (χ1n) is 8.63. The van der Waals surface area contributed by atoms with E-state index in [1.54, 1.807) is 4.88 Å². The number of hydrogen-bond donors (Lipinski definition) is 0. The molecule has 112 valence electrons. The van der Waals surface area contributed by atoms with E-state index >= 15 is 0 Å². The maximum absolute atomic E-state index is 2.86. The molecule has 4 rings (SSSR count). The molecule has 0 radical (unpaired) electrons. The smallest absolute Gasteiger partial charge is 0.0554 e. The van der Waals surface area contributed by atoms with Crippen LogP contribution in [0.2, 0.25) is 0 Å². The van der Waals surface area contributed by atoms with Crippen LogP contribution in [0.1, 0.15) is 56.2 Å². The topological polar surface area (TPSA) is 3.24 Å². The summed E-state index contributed by atoms with van der Waals surface area (Å²) < 4.78 is 1.47. The maximum Gasteiger partial charge on any atom is 0.0554 e. The van der Waals surface area contributed by atoms with Crippen LogP contribution < -0.4 is 0 Å². The summed E-state index contributed by atoms with van der Waals surface area (Å²) in [5.74, 6) is 0. The molecule has 1 aromatic heterocycles. The van der Waals surface area contributed by atoms with Crippen molar-refractivity contribution in [1.29, 1.82) is 0 Å². The number of thiophene rings is 1. The molecular formula is C19H25NS. The fourth-order valence-electron chi connectivity index (χ4n) is 4.39. The zero-order valence-corrected chi connectivity index (χ0v) is 13.6. The van der Waals surface area contributed by atoms with Crippen LogP contribution in [0.4, 0.5) is 0 Å². The fraction of sp³-hybridized carbons (Fsp3) is 0.579. The Labute approximate surface area is 132 Å². The summed E-state index contributed by atoms with van der Waals surface area (Å²) in [5, 5.41) is 1.44. The van der Waals surface area contributed by atoms with Crippen LogP contribution >= 0.6 is 11.3 Å². The second-order valence-corrected chi connectivity index (χ2v) is 7.87. The van der Waals surface area contributed by atoms with Crippen LogP contribution in [-0.2, 0) is 5.54 Å². The Bertz CT molecular complexity index is 568. The van der Waals surface area contributed by atoms with E-state index in [0.29, 0.717) is 5.54 Å². The van der Waals surface area contributed by atoms with Crippen molar-refractivity contribution in [2.45, 2.75) is 56.9 Å². The minimum Gasteiger partial charge on any atom is -0.293 e. The highest BCUT2D eigenvalue weighted by Gasteiger charge is 2.42. The van der Waals surface area contributed by atoms with Gasteiger partial charge in [-0.3, -0.25) is 4.90 Å². The highest BCUT2D eigenvalue weighted by molar-refractivity contribution is 7.19. The summed E-state index contributed by atoms with van der Waals surface area (Å²) in [5.41, 5.74) is 0.369. The number of benzene rings is 1. The number of fused-ring (bicyclic) bond motifs is 1. The average Bonchev–Trinajstić information content (AvgIpc) is 3.08. The van der Waals surface area contributed by atoms with Crippen molar-refractivity contribution >= 4 is 21.4 Å². The molecule has 0 spiro atoms. The van der Waals surface area contributed by atoms with Crippen molar-refractivity contribution in [2.24, 2.45) is 0 Å². The summed E-state index contributed by atoms with van der Waals surface area (Å²) in [6, 6.07) is 11.4. The van der Waals surface area contributed by atoms with Gasteiger partial charge in [-0.1, -0.05) is 43.9 Å². The average molecular weight is 299 g/mol. The van der Waals surface area contributed by atoms with Crippen molar-refractivity contribution in [1.82, 2.24) is 4.90 Å². The van der Waals surface area contributed by atoms with E-state index in [2.05, 4.69) is 46.6 Å². The third-order valence-electron chi connectivity index (χ3n) is 5.53. The quantitative estimate of drug-likeness (QED) is 0.703. The Morgan fingerprint density at radius 1 is 0.857 bits per heavy atom. The lowest BCUT2D eigenvalue weighted by Gasteiger charge is -2.40. The molecule has 0 unspecified atom stereocenters. The van der Waals surface area contributed by atoms with Crippen molar-refractivity contribution in [3.8, 4) is 0 Å². The van der Waals surface area contributed by atoms with Gasteiger partial charge in [-0.2, -0.15) is 0 Å². The molecule has 2 aromatic rings. The van der Waals surface area contributed by atoms with Crippen LogP contribution in [0, 0.1) is 0 Å². The number of likely N-dealkylation sites (tertiary alicyclic amines) is 1. The lowest BCUT2D eigenvalue weighted by molar-refractivity contribution is 0.0977. The molecular weight excluding hydrogens is 274 g/mol. The van der Waals surface area contributed by atoms with Gasteiger partial charge >= 0.3 is 0 Å². The molecule has 2 fully saturated rings. The van der Waals surface area contributed by atoms with Gasteiger partial charge in [0.2, 0.25) is 0 Å². The molecule has 0 bridgehead atoms. The lowest BCUT2D eigenvalue weighted by Crippen LogP contribution is -2.44. The zero-order valence-electron chi connectivity index (χ0n) is 12.8. The highest BCUT2D eigenvalue weighted by atomic mass is 32.1. The van der Waals surface area contributed by atoms with Gasteiger partial charge in [0.05, 0.1) is 5.54 Å². The van der Waals surface area contributed by atoms with Crippen molar-refractivity contribution in [2.75, 3.05) is 13.1 Å². The number of nitrogens with zero attached hydrogens (tertiary/aromatic N) is 1. The van der Waals surface area contributed by atoms with Gasteiger partial charge in [-0.05, 0) is 56.3 Å². The predicted molar refractivity (Wildman–Crippen MR) is 92.0 cm³/mol. The van der Waals surface area contributed by atoms with Gasteiger partial charge < -0.3 is 0 Å². The zero-order chi connectivity index (χ0) is 14.1. The molecule has 2 heterocycles. The first kappa shape index (κ1) is 13.8. The van der Waals surface area contributed by atoms with Crippen LogP contribution in [-0.4, -0.2) is 18.0 Å². The Morgan fingerprint density at radius 2 is 1.57 bits per heavy atom. The Kier molecular flexibility index (Phi) is 3.76. The van der Waals surface area contributed by atoms with Crippen LogP contribution in [0.25, 0.3) is 10.1 Å². The molecule has 1 aliphatic heterocycles. The van der Waals surface area contributed by atoms with Gasteiger partial charge in [0.15, 0.2) is 0 Å². The molecule has 1 nitrogen and oxygen atoms in total. The second-order valence-electron chi connectivity index (χ2n) is 6.79. The van der Waals surface area contributed by atoms with E-state index in [1.165, 1.54) is 74.5 Å². The van der Waals surface area contributed by atoms with E-state index in [0.717, 1.165) is 0 Å². The summed E-state index contributed by atoms with van der Waals surface area (Å²) in [7, 11) is 0. The molecule has 1 saturated carbocycles. The van der Waals surface area contributed by atoms with Gasteiger partial charge in [0, 0.05) is 9.58 Å². The van der Waals surface area contributed by atoms with E-state index in [4.69, 9.17) is 0 Å². The van der Waals surface area contributed by atoms with Crippen LogP contribution in [0.5, 0.6) is 0 Å². The monoisotopic (exact) mass is 299 g/mol. The Balaban J connectivity index is 1.75. The molecule has 1 saturated heterocycles. The normalized spacial score (nSPS) is 23.4. The van der Waals surface area contributed by atoms with Crippen molar-refractivity contribution in [3.63, 3.8) is 0 Å². The number of rotatable bonds is 2. The molecule has 1 aliphatic carbocycles. The maximum atomic E-state index is 2.86. The molecule has 1 aromatic carbocycles. The summed E-state index contributed by atoms with van der Waals surface area (Å²) in [6.07, 6.45) is 11.2. The molecule has 0 amide bonds. The lowest BCUT2D eigenvalue weighted by atomic mass is 9.92. The first-order valence-corrected chi connectivity index (χ1v) is 9.44. The predicted octanol–water partition coefficient (Wildman–Crippen LogP) is 5.55. The summed E-state index contributed by atoms with van der Waals surface area (Å²) in [6.45, 7) is 2.63. The van der Waals surface area contributed by atoms with Gasteiger partial charge in [-0.15, -0.1) is 11.3 Å². The molecule has 2 aliphatic rings. The summed E-state index contributed by atoms with van der Waals surface area (Å²) >= 11 is 2.05.